The van der Waals surface area contributed by atoms with Gasteiger partial charge in [-0.05, 0) is 44.0 Å². The minimum Gasteiger partial charge on any atom is -0.326 e. The highest BCUT2D eigenvalue weighted by atomic mass is 35.5. The van der Waals surface area contributed by atoms with Gasteiger partial charge in [0.05, 0.1) is 0 Å². The molecule has 0 spiro atoms. The van der Waals surface area contributed by atoms with Gasteiger partial charge >= 0.3 is 0 Å². The number of carbonyl (C=O) groups is 1. The predicted octanol–water partition coefficient (Wildman–Crippen LogP) is 3.12. The number of amides is 1. The van der Waals surface area contributed by atoms with Crippen LogP contribution in [0.5, 0.6) is 0 Å². The Hall–Kier alpha value is -1.06. The van der Waals surface area contributed by atoms with E-state index >= 15 is 0 Å². The molecule has 1 aliphatic rings. The highest BCUT2D eigenvalue weighted by molar-refractivity contribution is 6.31. The van der Waals surface area contributed by atoms with Crippen LogP contribution in [0.25, 0.3) is 0 Å². The van der Waals surface area contributed by atoms with E-state index in [2.05, 4.69) is 10.6 Å². The Labute approximate surface area is 113 Å². The fourth-order valence-electron chi connectivity index (χ4n) is 2.27. The predicted molar refractivity (Wildman–Crippen MR) is 75.1 cm³/mol. The van der Waals surface area contributed by atoms with Crippen molar-refractivity contribution in [2.45, 2.75) is 38.6 Å². The Balaban J connectivity index is 1.92. The quantitative estimate of drug-likeness (QED) is 0.883. The Morgan fingerprint density at radius 3 is 3.06 bits per heavy atom. The van der Waals surface area contributed by atoms with Crippen LogP contribution in [0.2, 0.25) is 5.02 Å². The highest BCUT2D eigenvalue weighted by Crippen LogP contribution is 2.23. The van der Waals surface area contributed by atoms with Gasteiger partial charge in [0.2, 0.25) is 5.91 Å². The lowest BCUT2D eigenvalue weighted by Gasteiger charge is -2.23. The van der Waals surface area contributed by atoms with E-state index in [-0.39, 0.29) is 5.91 Å². The Morgan fingerprint density at radius 1 is 1.50 bits per heavy atom. The molecule has 0 aromatic heterocycles. The van der Waals surface area contributed by atoms with Crippen molar-refractivity contribution < 1.29 is 4.79 Å². The van der Waals surface area contributed by atoms with Crippen LogP contribution in [0.15, 0.2) is 18.2 Å². The molecule has 0 bridgehead atoms. The first-order valence-electron chi connectivity index (χ1n) is 6.45. The van der Waals surface area contributed by atoms with Gasteiger partial charge in [-0.15, -0.1) is 0 Å². The first-order chi connectivity index (χ1) is 8.66. The summed E-state index contributed by atoms with van der Waals surface area (Å²) in [5, 5.41) is 6.99. The molecule has 1 fully saturated rings. The molecular weight excluding hydrogens is 248 g/mol. The monoisotopic (exact) mass is 266 g/mol. The summed E-state index contributed by atoms with van der Waals surface area (Å²) < 4.78 is 0. The number of piperidine rings is 1. The standard InChI is InChI=1S/C14H19ClN2O/c1-10-12(15)6-4-7-13(10)17-14(18)9-11-5-2-3-8-16-11/h4,6-7,11,16H,2-3,5,8-9H2,1H3,(H,17,18). The highest BCUT2D eigenvalue weighted by Gasteiger charge is 2.16. The summed E-state index contributed by atoms with van der Waals surface area (Å²) in [7, 11) is 0. The van der Waals surface area contributed by atoms with Gasteiger partial charge in [-0.3, -0.25) is 4.79 Å². The fraction of sp³-hybridized carbons (Fsp3) is 0.500. The minimum atomic E-state index is 0.0553. The normalized spacial score (nSPS) is 19.6. The topological polar surface area (TPSA) is 41.1 Å². The number of benzene rings is 1. The first kappa shape index (κ1) is 13.4. The molecule has 0 saturated carbocycles. The largest absolute Gasteiger partial charge is 0.326 e. The lowest BCUT2D eigenvalue weighted by Crippen LogP contribution is -2.37. The van der Waals surface area contributed by atoms with Crippen LogP contribution >= 0.6 is 11.6 Å². The lowest BCUT2D eigenvalue weighted by molar-refractivity contribution is -0.116. The summed E-state index contributed by atoms with van der Waals surface area (Å²) in [5.41, 5.74) is 1.73. The third-order valence-corrected chi connectivity index (χ3v) is 3.80. The molecule has 0 aliphatic carbocycles. The summed E-state index contributed by atoms with van der Waals surface area (Å²) in [6, 6.07) is 5.88. The van der Waals surface area contributed by atoms with Gasteiger partial charge in [-0.2, -0.15) is 0 Å². The van der Waals surface area contributed by atoms with Crippen LogP contribution in [0.1, 0.15) is 31.2 Å². The molecule has 1 heterocycles. The van der Waals surface area contributed by atoms with Crippen LogP contribution in [0.4, 0.5) is 5.69 Å². The molecule has 3 nitrogen and oxygen atoms in total. The third kappa shape index (κ3) is 3.47. The number of carbonyl (C=O) groups excluding carboxylic acids is 1. The van der Waals surface area contributed by atoms with E-state index in [0.29, 0.717) is 17.5 Å². The second-order valence-electron chi connectivity index (χ2n) is 4.81. The van der Waals surface area contributed by atoms with E-state index in [0.717, 1.165) is 24.2 Å². The molecule has 2 N–H and O–H groups in total. The lowest BCUT2D eigenvalue weighted by atomic mass is 10.0. The van der Waals surface area contributed by atoms with Gasteiger partial charge in [0.25, 0.3) is 0 Å². The van der Waals surface area contributed by atoms with E-state index in [1.807, 2.05) is 25.1 Å². The molecule has 1 amide bonds. The van der Waals surface area contributed by atoms with Crippen molar-refractivity contribution in [2.24, 2.45) is 0 Å². The van der Waals surface area contributed by atoms with E-state index < -0.39 is 0 Å². The molecule has 4 heteroatoms. The van der Waals surface area contributed by atoms with Gasteiger partial charge < -0.3 is 10.6 Å². The summed E-state index contributed by atoms with van der Waals surface area (Å²) >= 11 is 6.03. The summed E-state index contributed by atoms with van der Waals surface area (Å²) in [5.74, 6) is 0.0553. The Morgan fingerprint density at radius 2 is 2.33 bits per heavy atom. The third-order valence-electron chi connectivity index (χ3n) is 3.39. The zero-order chi connectivity index (χ0) is 13.0. The number of nitrogens with one attached hydrogen (secondary N) is 2. The van der Waals surface area contributed by atoms with Crippen molar-refractivity contribution in [3.63, 3.8) is 0 Å². The maximum absolute atomic E-state index is 12.0. The van der Waals surface area contributed by atoms with Crippen LogP contribution in [-0.4, -0.2) is 18.5 Å². The summed E-state index contributed by atoms with van der Waals surface area (Å²) in [6.07, 6.45) is 4.04. The molecule has 1 aliphatic heterocycles. The fourth-order valence-corrected chi connectivity index (χ4v) is 2.44. The number of halogens is 1. The zero-order valence-corrected chi connectivity index (χ0v) is 11.4. The van der Waals surface area contributed by atoms with E-state index in [4.69, 9.17) is 11.6 Å². The molecule has 18 heavy (non-hydrogen) atoms. The van der Waals surface area contributed by atoms with Crippen LogP contribution in [0.3, 0.4) is 0 Å². The van der Waals surface area contributed by atoms with Crippen molar-refractivity contribution in [3.8, 4) is 0 Å². The maximum Gasteiger partial charge on any atom is 0.225 e. The number of anilines is 1. The Kier molecular flexibility index (Phi) is 4.61. The molecule has 1 aromatic rings. The molecule has 1 saturated heterocycles. The zero-order valence-electron chi connectivity index (χ0n) is 10.6. The van der Waals surface area contributed by atoms with Crippen molar-refractivity contribution >= 4 is 23.2 Å². The molecule has 1 atom stereocenters. The van der Waals surface area contributed by atoms with E-state index in [1.54, 1.807) is 0 Å². The van der Waals surface area contributed by atoms with Gasteiger partial charge in [-0.25, -0.2) is 0 Å². The molecule has 0 radical (unpaired) electrons. The van der Waals surface area contributed by atoms with Gasteiger partial charge in [0, 0.05) is 23.2 Å². The number of hydrogen-bond acceptors (Lipinski definition) is 2. The first-order valence-corrected chi connectivity index (χ1v) is 6.83. The number of hydrogen-bond donors (Lipinski definition) is 2. The van der Waals surface area contributed by atoms with Crippen LogP contribution in [0, 0.1) is 6.92 Å². The molecule has 2 rings (SSSR count). The van der Waals surface area contributed by atoms with Gasteiger partial charge in [0.1, 0.15) is 0 Å². The molecule has 1 unspecified atom stereocenters. The van der Waals surface area contributed by atoms with Crippen molar-refractivity contribution in [2.75, 3.05) is 11.9 Å². The minimum absolute atomic E-state index is 0.0553. The maximum atomic E-state index is 12.0. The van der Waals surface area contributed by atoms with Crippen molar-refractivity contribution in [1.29, 1.82) is 0 Å². The number of rotatable bonds is 3. The molecule has 1 aromatic carbocycles. The average Bonchev–Trinajstić information content (AvgIpc) is 2.36. The SMILES string of the molecule is Cc1c(Cl)cccc1NC(=O)CC1CCCCN1. The van der Waals surface area contributed by atoms with Crippen LogP contribution < -0.4 is 10.6 Å². The van der Waals surface area contributed by atoms with E-state index in [1.165, 1.54) is 12.8 Å². The smallest absolute Gasteiger partial charge is 0.225 e. The molecule has 98 valence electrons. The van der Waals surface area contributed by atoms with Gasteiger partial charge in [-0.1, -0.05) is 24.1 Å². The van der Waals surface area contributed by atoms with E-state index in [9.17, 15) is 4.79 Å². The Bertz CT molecular complexity index is 428. The summed E-state index contributed by atoms with van der Waals surface area (Å²) in [6.45, 7) is 2.94. The van der Waals surface area contributed by atoms with Crippen molar-refractivity contribution in [1.82, 2.24) is 5.32 Å². The summed E-state index contributed by atoms with van der Waals surface area (Å²) in [4.78, 5) is 12.0. The second-order valence-corrected chi connectivity index (χ2v) is 5.22. The van der Waals surface area contributed by atoms with Crippen LogP contribution in [-0.2, 0) is 4.79 Å². The average molecular weight is 267 g/mol. The van der Waals surface area contributed by atoms with Crippen molar-refractivity contribution in [3.05, 3.63) is 28.8 Å². The molecular formula is C14H19ClN2O. The van der Waals surface area contributed by atoms with Gasteiger partial charge in [0.15, 0.2) is 0 Å². The second kappa shape index (κ2) is 6.21.